The second-order valence-corrected chi connectivity index (χ2v) is 5.35. The zero-order valence-corrected chi connectivity index (χ0v) is 15.7. The van der Waals surface area contributed by atoms with Crippen LogP contribution in [0, 0.1) is 5.92 Å². The molecule has 0 fully saturated rings. The molecule has 0 N–H and O–H groups in total. The molecule has 0 radical (unpaired) electrons. The van der Waals surface area contributed by atoms with Crippen LogP contribution in [0.5, 0.6) is 0 Å². The van der Waals surface area contributed by atoms with Crippen LogP contribution in [-0.2, 0) is 0 Å². The summed E-state index contributed by atoms with van der Waals surface area (Å²) >= 11 is 0. The first-order chi connectivity index (χ1) is 11.5. The van der Waals surface area contributed by atoms with Gasteiger partial charge in [-0.05, 0) is 27.0 Å². The largest absolute Gasteiger partial charge is 0.294 e. The standard InChI is InChI=1S/C19H23NO2.C2H6/c1-5-20-13-18(21)16-11-6-7-12-17(16)19(22)15(4)10-8-9-14(2)3;1-2/h5-12,15H,13H2,1-4H3;1-2H3/b10-8+,20-5?;. The average Bonchev–Trinajstić information content (AvgIpc) is 2.60. The fourth-order valence-electron chi connectivity index (χ4n) is 1.95. The van der Waals surface area contributed by atoms with Gasteiger partial charge in [0.1, 0.15) is 6.54 Å². The van der Waals surface area contributed by atoms with Gasteiger partial charge in [-0.2, -0.15) is 0 Å². The molecular weight excluding hydrogens is 298 g/mol. The Bertz CT molecular complexity index is 620. The van der Waals surface area contributed by atoms with Crippen LogP contribution >= 0.6 is 0 Å². The Labute approximate surface area is 146 Å². The Balaban J connectivity index is 0.00000254. The van der Waals surface area contributed by atoms with Gasteiger partial charge < -0.3 is 0 Å². The summed E-state index contributed by atoms with van der Waals surface area (Å²) < 4.78 is 0. The minimum atomic E-state index is -0.278. The van der Waals surface area contributed by atoms with E-state index >= 15 is 0 Å². The van der Waals surface area contributed by atoms with E-state index in [2.05, 4.69) is 4.99 Å². The van der Waals surface area contributed by atoms with E-state index in [1.807, 2.05) is 52.8 Å². The highest BCUT2D eigenvalue weighted by Crippen LogP contribution is 2.16. The third-order valence-electron chi connectivity index (χ3n) is 3.15. The Hall–Kier alpha value is -2.29. The lowest BCUT2D eigenvalue weighted by molar-refractivity contribution is 0.0936. The van der Waals surface area contributed by atoms with E-state index in [0.29, 0.717) is 11.1 Å². The van der Waals surface area contributed by atoms with Gasteiger partial charge in [-0.15, -0.1) is 0 Å². The van der Waals surface area contributed by atoms with Gasteiger partial charge in [-0.25, -0.2) is 0 Å². The second kappa shape index (κ2) is 12.2. The summed E-state index contributed by atoms with van der Waals surface area (Å²) in [4.78, 5) is 28.7. The molecule has 0 aliphatic heterocycles. The Morgan fingerprint density at radius 2 is 1.71 bits per heavy atom. The molecule has 0 saturated carbocycles. The van der Waals surface area contributed by atoms with E-state index in [-0.39, 0.29) is 24.0 Å². The number of hydrogen-bond donors (Lipinski definition) is 0. The van der Waals surface area contributed by atoms with Crippen LogP contribution in [0.3, 0.4) is 0 Å². The number of Topliss-reactive ketones (excluding diaryl/α,β-unsaturated/α-hetero) is 2. The van der Waals surface area contributed by atoms with Crippen molar-refractivity contribution >= 4 is 17.8 Å². The molecule has 3 nitrogen and oxygen atoms in total. The fourth-order valence-corrected chi connectivity index (χ4v) is 1.95. The predicted octanol–water partition coefficient (Wildman–Crippen LogP) is 5.33. The van der Waals surface area contributed by atoms with Crippen molar-refractivity contribution in [3.05, 3.63) is 59.2 Å². The Morgan fingerprint density at radius 3 is 2.25 bits per heavy atom. The topological polar surface area (TPSA) is 46.5 Å². The van der Waals surface area contributed by atoms with Gasteiger partial charge >= 0.3 is 0 Å². The van der Waals surface area contributed by atoms with Gasteiger partial charge in [0.15, 0.2) is 11.6 Å². The van der Waals surface area contributed by atoms with Crippen molar-refractivity contribution in [2.75, 3.05) is 6.54 Å². The molecule has 0 amide bonds. The predicted molar refractivity (Wildman–Crippen MR) is 103 cm³/mol. The molecular formula is C21H29NO2. The second-order valence-electron chi connectivity index (χ2n) is 5.35. The Morgan fingerprint density at radius 1 is 1.12 bits per heavy atom. The van der Waals surface area contributed by atoms with Crippen molar-refractivity contribution < 1.29 is 9.59 Å². The number of aliphatic imine (C=N–C) groups is 1. The van der Waals surface area contributed by atoms with Crippen LogP contribution in [0.2, 0.25) is 0 Å². The molecule has 24 heavy (non-hydrogen) atoms. The number of carbonyl (C=O) groups excluding carboxylic acids is 2. The molecule has 0 bridgehead atoms. The van der Waals surface area contributed by atoms with Gasteiger partial charge in [0.05, 0.1) is 0 Å². The maximum Gasteiger partial charge on any atom is 0.184 e. The highest BCUT2D eigenvalue weighted by molar-refractivity contribution is 6.10. The van der Waals surface area contributed by atoms with Crippen LogP contribution in [0.1, 0.15) is 62.3 Å². The molecule has 130 valence electrons. The molecule has 0 aromatic heterocycles. The number of ketones is 2. The highest BCUT2D eigenvalue weighted by atomic mass is 16.1. The normalized spacial score (nSPS) is 11.8. The van der Waals surface area contributed by atoms with Gasteiger partial charge in [-0.3, -0.25) is 14.6 Å². The summed E-state index contributed by atoms with van der Waals surface area (Å²) in [6, 6.07) is 6.94. The van der Waals surface area contributed by atoms with Crippen LogP contribution in [0.25, 0.3) is 0 Å². The zero-order chi connectivity index (χ0) is 18.5. The van der Waals surface area contributed by atoms with E-state index in [1.54, 1.807) is 37.4 Å². The molecule has 0 saturated heterocycles. The molecule has 0 heterocycles. The number of carbonyl (C=O) groups is 2. The van der Waals surface area contributed by atoms with Crippen LogP contribution in [0.4, 0.5) is 0 Å². The Kier molecular flexibility index (Phi) is 11.0. The number of rotatable bonds is 7. The average molecular weight is 327 g/mol. The summed E-state index contributed by atoms with van der Waals surface area (Å²) in [6.45, 7) is 11.7. The molecule has 1 aromatic carbocycles. The van der Waals surface area contributed by atoms with Crippen molar-refractivity contribution in [3.63, 3.8) is 0 Å². The first kappa shape index (κ1) is 21.7. The zero-order valence-electron chi connectivity index (χ0n) is 15.7. The van der Waals surface area contributed by atoms with Crippen molar-refractivity contribution in [2.45, 2.75) is 41.5 Å². The molecule has 0 aliphatic carbocycles. The quantitative estimate of drug-likeness (QED) is 0.386. The monoisotopic (exact) mass is 327 g/mol. The molecule has 1 atom stereocenters. The molecule has 1 unspecified atom stereocenters. The van der Waals surface area contributed by atoms with Crippen LogP contribution < -0.4 is 0 Å². The summed E-state index contributed by atoms with van der Waals surface area (Å²) in [5, 5.41) is 0. The lowest BCUT2D eigenvalue weighted by Crippen LogP contribution is -2.15. The molecule has 0 spiro atoms. The van der Waals surface area contributed by atoms with Crippen molar-refractivity contribution in [1.82, 2.24) is 0 Å². The first-order valence-electron chi connectivity index (χ1n) is 8.40. The van der Waals surface area contributed by atoms with Gasteiger partial charge in [0.25, 0.3) is 0 Å². The van der Waals surface area contributed by atoms with E-state index < -0.39 is 0 Å². The third kappa shape index (κ3) is 7.32. The number of allylic oxidation sites excluding steroid dienone is 4. The molecule has 1 rings (SSSR count). The summed E-state index contributed by atoms with van der Waals surface area (Å²) in [6.07, 6.45) is 7.27. The summed E-state index contributed by atoms with van der Waals surface area (Å²) in [7, 11) is 0. The number of benzene rings is 1. The third-order valence-corrected chi connectivity index (χ3v) is 3.15. The van der Waals surface area contributed by atoms with Crippen molar-refractivity contribution in [3.8, 4) is 0 Å². The summed E-state index contributed by atoms with van der Waals surface area (Å²) in [5.41, 5.74) is 2.08. The van der Waals surface area contributed by atoms with Gasteiger partial charge in [0.2, 0.25) is 0 Å². The SMILES string of the molecule is CC.CC=NCC(=O)c1ccccc1C(=O)C(C)/C=C/C=C(C)C. The smallest absolute Gasteiger partial charge is 0.184 e. The summed E-state index contributed by atoms with van der Waals surface area (Å²) in [5.74, 6) is -0.468. The number of hydrogen-bond acceptors (Lipinski definition) is 3. The molecule has 3 heteroatoms. The van der Waals surface area contributed by atoms with Gasteiger partial charge in [0, 0.05) is 17.0 Å². The lowest BCUT2D eigenvalue weighted by atomic mass is 9.93. The van der Waals surface area contributed by atoms with E-state index in [9.17, 15) is 9.59 Å². The van der Waals surface area contributed by atoms with Crippen molar-refractivity contribution in [1.29, 1.82) is 0 Å². The van der Waals surface area contributed by atoms with E-state index in [1.165, 1.54) is 5.57 Å². The highest BCUT2D eigenvalue weighted by Gasteiger charge is 2.19. The van der Waals surface area contributed by atoms with Crippen LogP contribution in [0.15, 0.2) is 53.1 Å². The van der Waals surface area contributed by atoms with Crippen molar-refractivity contribution in [2.24, 2.45) is 10.9 Å². The van der Waals surface area contributed by atoms with Crippen LogP contribution in [-0.4, -0.2) is 24.3 Å². The van der Waals surface area contributed by atoms with Gasteiger partial charge in [-0.1, -0.05) is 68.8 Å². The molecule has 1 aromatic rings. The lowest BCUT2D eigenvalue weighted by Gasteiger charge is -2.09. The minimum Gasteiger partial charge on any atom is -0.294 e. The maximum atomic E-state index is 12.6. The maximum absolute atomic E-state index is 12.6. The number of nitrogens with zero attached hydrogens (tertiary/aromatic N) is 1. The molecule has 0 aliphatic rings. The van der Waals surface area contributed by atoms with E-state index in [0.717, 1.165) is 0 Å². The first-order valence-corrected chi connectivity index (χ1v) is 8.40. The van der Waals surface area contributed by atoms with E-state index in [4.69, 9.17) is 0 Å². The minimum absolute atomic E-state index is 0.0529. The fraction of sp³-hybridized carbons (Fsp3) is 0.381.